The molecule has 1 aliphatic heterocycles. The summed E-state index contributed by atoms with van der Waals surface area (Å²) in [4.78, 5) is 41.8. The Kier molecular flexibility index (Phi) is 6.41. The molecule has 1 aromatic carbocycles. The van der Waals surface area contributed by atoms with Crippen LogP contribution in [0, 0.1) is 0 Å². The van der Waals surface area contributed by atoms with Crippen molar-refractivity contribution in [3.05, 3.63) is 40.9 Å². The Morgan fingerprint density at radius 1 is 1.25 bits per heavy atom. The summed E-state index contributed by atoms with van der Waals surface area (Å²) in [6.07, 6.45) is 3.15. The van der Waals surface area contributed by atoms with Crippen LogP contribution in [0.2, 0.25) is 0 Å². The number of amides is 2. The first kappa shape index (κ1) is 20.0. The average molecular weight is 401 g/mol. The number of hydrogen-bond donors (Lipinski definition) is 1. The van der Waals surface area contributed by atoms with Gasteiger partial charge in [0.15, 0.2) is 12.3 Å². The van der Waals surface area contributed by atoms with Crippen LogP contribution < -0.4 is 5.73 Å². The Morgan fingerprint density at radius 2 is 2.00 bits per heavy atom. The van der Waals surface area contributed by atoms with E-state index >= 15 is 0 Å². The molecule has 0 aliphatic carbocycles. The van der Waals surface area contributed by atoms with Gasteiger partial charge < -0.3 is 15.4 Å². The second-order valence-corrected chi connectivity index (χ2v) is 7.52. The number of piperidine rings is 1. The number of rotatable bonds is 6. The number of esters is 1. The van der Waals surface area contributed by atoms with Crippen molar-refractivity contribution in [1.29, 1.82) is 0 Å². The van der Waals surface area contributed by atoms with Crippen molar-refractivity contribution in [2.75, 3.05) is 13.2 Å². The number of nitrogens with zero attached hydrogens (tertiary/aromatic N) is 2. The summed E-state index contributed by atoms with van der Waals surface area (Å²) in [5.74, 6) is -1.60. The minimum absolute atomic E-state index is 0.164. The number of carbonyl (C=O) groups is 3. The van der Waals surface area contributed by atoms with Crippen LogP contribution in [0.1, 0.15) is 42.2 Å². The number of ether oxygens (including phenoxy) is 1. The standard InChI is InChI=1S/C20H23N3O4S/c1-2-13-6-8-14(9-7-13)19-22-15(12-28-19)20(26)27-11-17(24)23-10-4-3-5-16(23)18(21)25/h6-9,12,16H,2-5,10-11H2,1H3,(H2,21,25)/t16-/m0/s1. The van der Waals surface area contributed by atoms with Crippen LogP contribution in [0.4, 0.5) is 0 Å². The van der Waals surface area contributed by atoms with Crippen LogP contribution in [0.25, 0.3) is 10.6 Å². The molecule has 1 saturated heterocycles. The molecular weight excluding hydrogens is 378 g/mol. The average Bonchev–Trinajstić information content (AvgIpc) is 3.22. The number of aromatic nitrogens is 1. The molecule has 0 unspecified atom stereocenters. The van der Waals surface area contributed by atoms with Crippen LogP contribution in [0.3, 0.4) is 0 Å². The zero-order chi connectivity index (χ0) is 20.1. The number of hydrogen-bond acceptors (Lipinski definition) is 6. The largest absolute Gasteiger partial charge is 0.451 e. The van der Waals surface area contributed by atoms with Gasteiger partial charge in [-0.25, -0.2) is 9.78 Å². The molecule has 8 heteroatoms. The van der Waals surface area contributed by atoms with E-state index in [4.69, 9.17) is 10.5 Å². The Labute approximate surface area is 167 Å². The van der Waals surface area contributed by atoms with Crippen LogP contribution in [-0.2, 0) is 20.7 Å². The van der Waals surface area contributed by atoms with Crippen molar-refractivity contribution < 1.29 is 19.1 Å². The Bertz CT molecular complexity index is 863. The zero-order valence-electron chi connectivity index (χ0n) is 15.7. The van der Waals surface area contributed by atoms with E-state index in [1.807, 2.05) is 24.3 Å². The lowest BCUT2D eigenvalue weighted by molar-refractivity contribution is -0.143. The molecule has 2 aromatic rings. The molecule has 7 nitrogen and oxygen atoms in total. The van der Waals surface area contributed by atoms with E-state index in [0.717, 1.165) is 24.8 Å². The molecule has 2 N–H and O–H groups in total. The molecule has 148 valence electrons. The minimum Gasteiger partial charge on any atom is -0.451 e. The van der Waals surface area contributed by atoms with E-state index < -0.39 is 30.4 Å². The first-order chi connectivity index (χ1) is 13.5. The number of aryl methyl sites for hydroxylation is 1. The second-order valence-electron chi connectivity index (χ2n) is 6.67. The Balaban J connectivity index is 1.59. The number of benzene rings is 1. The highest BCUT2D eigenvalue weighted by atomic mass is 32.1. The molecule has 1 atom stereocenters. The van der Waals surface area contributed by atoms with Crippen LogP contribution in [0.15, 0.2) is 29.6 Å². The van der Waals surface area contributed by atoms with Crippen molar-refractivity contribution in [3.63, 3.8) is 0 Å². The molecule has 28 heavy (non-hydrogen) atoms. The van der Waals surface area contributed by atoms with Crippen molar-refractivity contribution in [1.82, 2.24) is 9.88 Å². The number of primary amides is 1. The van der Waals surface area contributed by atoms with Crippen LogP contribution >= 0.6 is 11.3 Å². The molecular formula is C20H23N3O4S. The molecule has 0 spiro atoms. The molecule has 3 rings (SSSR count). The zero-order valence-corrected chi connectivity index (χ0v) is 16.5. The third-order valence-electron chi connectivity index (χ3n) is 4.80. The SMILES string of the molecule is CCc1ccc(-c2nc(C(=O)OCC(=O)N3CCCC[C@H]3C(N)=O)cs2)cc1. The lowest BCUT2D eigenvalue weighted by Crippen LogP contribution is -2.51. The molecule has 1 aliphatic rings. The highest BCUT2D eigenvalue weighted by molar-refractivity contribution is 7.13. The maximum absolute atomic E-state index is 12.4. The van der Waals surface area contributed by atoms with E-state index in [1.165, 1.54) is 21.8 Å². The van der Waals surface area contributed by atoms with Crippen LogP contribution in [-0.4, -0.2) is 46.9 Å². The highest BCUT2D eigenvalue weighted by Gasteiger charge is 2.31. The van der Waals surface area contributed by atoms with Gasteiger partial charge in [-0.2, -0.15) is 0 Å². The summed E-state index contributed by atoms with van der Waals surface area (Å²) in [6, 6.07) is 7.37. The third kappa shape index (κ3) is 4.56. The first-order valence-electron chi connectivity index (χ1n) is 9.30. The summed E-state index contributed by atoms with van der Waals surface area (Å²) in [6.45, 7) is 2.10. The normalized spacial score (nSPS) is 16.6. The number of likely N-dealkylation sites (tertiary alicyclic amines) is 1. The topological polar surface area (TPSA) is 103 Å². The van der Waals surface area contributed by atoms with Gasteiger partial charge in [0.25, 0.3) is 5.91 Å². The summed E-state index contributed by atoms with van der Waals surface area (Å²) < 4.78 is 5.12. The van der Waals surface area contributed by atoms with Crippen molar-refractivity contribution >= 4 is 29.1 Å². The summed E-state index contributed by atoms with van der Waals surface area (Å²) in [5, 5.41) is 2.33. The molecule has 0 saturated carbocycles. The highest BCUT2D eigenvalue weighted by Crippen LogP contribution is 2.24. The fourth-order valence-electron chi connectivity index (χ4n) is 3.19. The minimum atomic E-state index is -0.659. The summed E-state index contributed by atoms with van der Waals surface area (Å²) in [7, 11) is 0. The Morgan fingerprint density at radius 3 is 2.68 bits per heavy atom. The molecule has 0 radical (unpaired) electrons. The molecule has 0 bridgehead atoms. The van der Waals surface area contributed by atoms with E-state index in [9.17, 15) is 14.4 Å². The van der Waals surface area contributed by atoms with Gasteiger partial charge in [-0.3, -0.25) is 9.59 Å². The number of carbonyl (C=O) groups excluding carboxylic acids is 3. The lowest BCUT2D eigenvalue weighted by Gasteiger charge is -2.33. The first-order valence-corrected chi connectivity index (χ1v) is 10.2. The summed E-state index contributed by atoms with van der Waals surface area (Å²) >= 11 is 1.34. The van der Waals surface area contributed by atoms with Gasteiger partial charge in [0.05, 0.1) is 0 Å². The third-order valence-corrected chi connectivity index (χ3v) is 5.69. The molecule has 1 aromatic heterocycles. The van der Waals surface area contributed by atoms with Gasteiger partial charge >= 0.3 is 5.97 Å². The van der Waals surface area contributed by atoms with Gasteiger partial charge in [0.1, 0.15) is 11.0 Å². The van der Waals surface area contributed by atoms with Crippen molar-refractivity contribution in [2.45, 2.75) is 38.6 Å². The van der Waals surface area contributed by atoms with Crippen molar-refractivity contribution in [3.8, 4) is 10.6 Å². The second kappa shape index (κ2) is 8.97. The molecule has 2 amide bonds. The maximum Gasteiger partial charge on any atom is 0.358 e. The predicted octanol–water partition coefficient (Wildman–Crippen LogP) is 2.40. The van der Waals surface area contributed by atoms with Crippen LogP contribution in [0.5, 0.6) is 0 Å². The van der Waals surface area contributed by atoms with Crippen molar-refractivity contribution in [2.24, 2.45) is 5.73 Å². The fraction of sp³-hybridized carbons (Fsp3) is 0.400. The van der Waals surface area contributed by atoms with E-state index in [2.05, 4.69) is 11.9 Å². The van der Waals surface area contributed by atoms with E-state index in [1.54, 1.807) is 5.38 Å². The van der Waals surface area contributed by atoms with Gasteiger partial charge in [-0.15, -0.1) is 11.3 Å². The monoisotopic (exact) mass is 401 g/mol. The van der Waals surface area contributed by atoms with Gasteiger partial charge in [-0.05, 0) is 31.2 Å². The fourth-order valence-corrected chi connectivity index (χ4v) is 3.99. The van der Waals surface area contributed by atoms with Gasteiger partial charge in [-0.1, -0.05) is 31.2 Å². The predicted molar refractivity (Wildman–Crippen MR) is 106 cm³/mol. The van der Waals surface area contributed by atoms with E-state index in [-0.39, 0.29) is 5.69 Å². The molecule has 2 heterocycles. The number of thiazole rings is 1. The maximum atomic E-state index is 12.4. The van der Waals surface area contributed by atoms with Gasteiger partial charge in [0, 0.05) is 17.5 Å². The lowest BCUT2D eigenvalue weighted by atomic mass is 10.0. The summed E-state index contributed by atoms with van der Waals surface area (Å²) in [5.41, 5.74) is 7.69. The smallest absolute Gasteiger partial charge is 0.358 e. The van der Waals surface area contributed by atoms with Gasteiger partial charge in [0.2, 0.25) is 5.91 Å². The van der Waals surface area contributed by atoms with E-state index in [0.29, 0.717) is 18.0 Å². The quantitative estimate of drug-likeness (QED) is 0.749. The Hall–Kier alpha value is -2.74. The molecule has 1 fully saturated rings. The number of nitrogens with two attached hydrogens (primary N) is 1.